The van der Waals surface area contributed by atoms with Crippen LogP contribution in [-0.4, -0.2) is 40.0 Å². The van der Waals surface area contributed by atoms with E-state index < -0.39 is 0 Å². The number of hydrogen-bond acceptors (Lipinski definition) is 3. The molecular formula is C25H32N4O. The molecule has 0 bridgehead atoms. The number of nitrogens with zero attached hydrogens (tertiary/aromatic N) is 3. The second-order valence-electron chi connectivity index (χ2n) is 8.34. The number of likely N-dealkylation sites (tertiary alicyclic amines) is 1. The smallest absolute Gasteiger partial charge is 0.251 e. The van der Waals surface area contributed by atoms with Crippen LogP contribution in [0.3, 0.4) is 0 Å². The predicted molar refractivity (Wildman–Crippen MR) is 123 cm³/mol. The Morgan fingerprint density at radius 2 is 1.83 bits per heavy atom. The first-order valence-electron chi connectivity index (χ1n) is 11.2. The van der Waals surface area contributed by atoms with Gasteiger partial charge in [-0.25, -0.2) is 4.98 Å². The van der Waals surface area contributed by atoms with E-state index in [9.17, 15) is 4.79 Å². The Hall–Kier alpha value is -2.66. The zero-order chi connectivity index (χ0) is 21.1. The maximum Gasteiger partial charge on any atom is 0.251 e. The van der Waals surface area contributed by atoms with Crippen LogP contribution >= 0.6 is 0 Å². The molecule has 0 atom stereocenters. The highest BCUT2D eigenvalue weighted by molar-refractivity contribution is 6.02. The van der Waals surface area contributed by atoms with Crippen molar-refractivity contribution in [1.29, 1.82) is 0 Å². The van der Waals surface area contributed by atoms with Crippen molar-refractivity contribution in [3.05, 3.63) is 53.3 Å². The maximum absolute atomic E-state index is 12.5. The van der Waals surface area contributed by atoms with Gasteiger partial charge in [0.15, 0.2) is 0 Å². The van der Waals surface area contributed by atoms with Crippen LogP contribution in [-0.2, 0) is 13.0 Å². The van der Waals surface area contributed by atoms with Crippen molar-refractivity contribution in [2.45, 2.75) is 52.5 Å². The molecule has 0 aliphatic carbocycles. The van der Waals surface area contributed by atoms with Gasteiger partial charge in [-0.1, -0.05) is 44.0 Å². The number of rotatable bonds is 7. The summed E-state index contributed by atoms with van der Waals surface area (Å²) < 4.78 is 2.32. The van der Waals surface area contributed by atoms with E-state index in [1.165, 1.54) is 38.0 Å². The molecule has 0 saturated carbocycles. The van der Waals surface area contributed by atoms with Crippen molar-refractivity contribution in [3.8, 4) is 11.3 Å². The van der Waals surface area contributed by atoms with Crippen LogP contribution in [0.25, 0.3) is 22.2 Å². The van der Waals surface area contributed by atoms with E-state index >= 15 is 0 Å². The van der Waals surface area contributed by atoms with Gasteiger partial charge in [-0.3, -0.25) is 4.79 Å². The number of primary amides is 1. The fourth-order valence-corrected chi connectivity index (χ4v) is 4.80. The number of pyridine rings is 1. The summed E-state index contributed by atoms with van der Waals surface area (Å²) in [5.74, 6) is -0.369. The normalized spacial score (nSPS) is 15.0. The van der Waals surface area contributed by atoms with Crippen molar-refractivity contribution in [1.82, 2.24) is 14.5 Å². The number of benzene rings is 1. The molecule has 0 unspecified atom stereocenters. The molecule has 1 aromatic carbocycles. The van der Waals surface area contributed by atoms with Gasteiger partial charge in [0.2, 0.25) is 0 Å². The molecule has 1 aliphatic heterocycles. The number of aromatic nitrogens is 2. The van der Waals surface area contributed by atoms with Gasteiger partial charge < -0.3 is 15.2 Å². The number of carbonyl (C=O) groups is 1. The molecule has 1 fully saturated rings. The second-order valence-corrected chi connectivity index (χ2v) is 8.34. The molecule has 158 valence electrons. The monoisotopic (exact) mass is 404 g/mol. The van der Waals surface area contributed by atoms with Crippen molar-refractivity contribution in [2.75, 3.05) is 19.6 Å². The average Bonchev–Trinajstić information content (AvgIpc) is 3.04. The molecule has 5 nitrogen and oxygen atoms in total. The van der Waals surface area contributed by atoms with E-state index in [1.807, 2.05) is 31.2 Å². The van der Waals surface area contributed by atoms with Crippen LogP contribution in [0.4, 0.5) is 0 Å². The third kappa shape index (κ3) is 3.99. The highest BCUT2D eigenvalue weighted by Gasteiger charge is 2.25. The Labute approximate surface area is 178 Å². The number of nitrogens with two attached hydrogens (primary N) is 1. The minimum Gasteiger partial charge on any atom is -0.366 e. The van der Waals surface area contributed by atoms with Crippen molar-refractivity contribution in [3.63, 3.8) is 0 Å². The van der Waals surface area contributed by atoms with Gasteiger partial charge in [-0.05, 0) is 51.4 Å². The summed E-state index contributed by atoms with van der Waals surface area (Å²) in [7, 11) is 0. The fraction of sp³-hybridized carbons (Fsp3) is 0.440. The fourth-order valence-electron chi connectivity index (χ4n) is 4.80. The first-order valence-corrected chi connectivity index (χ1v) is 11.2. The van der Waals surface area contributed by atoms with Crippen LogP contribution in [0.15, 0.2) is 36.4 Å². The van der Waals surface area contributed by atoms with E-state index in [1.54, 1.807) is 0 Å². The SMILES string of the molecule is CCCc1c(-c2ccc3ccccc3n2)c(C(N)=O)c(C)n1CCN1CCCCC1. The largest absolute Gasteiger partial charge is 0.366 e. The molecule has 5 heteroatoms. The Morgan fingerprint density at radius 1 is 1.07 bits per heavy atom. The van der Waals surface area contributed by atoms with Gasteiger partial charge in [0, 0.05) is 35.4 Å². The summed E-state index contributed by atoms with van der Waals surface area (Å²) in [5.41, 5.74) is 11.4. The Bertz CT molecular complexity index is 1050. The average molecular weight is 405 g/mol. The highest BCUT2D eigenvalue weighted by Crippen LogP contribution is 2.33. The van der Waals surface area contributed by atoms with E-state index in [4.69, 9.17) is 10.7 Å². The number of carbonyl (C=O) groups excluding carboxylic acids is 1. The lowest BCUT2D eigenvalue weighted by atomic mass is 10.0. The summed E-state index contributed by atoms with van der Waals surface area (Å²) in [6, 6.07) is 12.2. The Morgan fingerprint density at radius 3 is 2.57 bits per heavy atom. The first-order chi connectivity index (χ1) is 14.6. The lowest BCUT2D eigenvalue weighted by molar-refractivity contribution is 0.1000. The minimum atomic E-state index is -0.369. The van der Waals surface area contributed by atoms with Crippen LogP contribution in [0.2, 0.25) is 0 Å². The Kier molecular flexibility index (Phi) is 6.18. The number of amides is 1. The standard InChI is InChI=1S/C25H32N4O/c1-3-9-22-24(21-13-12-19-10-5-6-11-20(19)27-21)23(25(26)30)18(2)29(22)17-16-28-14-7-4-8-15-28/h5-6,10-13H,3-4,7-9,14-17H2,1-2H3,(H2,26,30). The van der Waals surface area contributed by atoms with Crippen LogP contribution in [0.5, 0.6) is 0 Å². The molecule has 4 rings (SSSR count). The third-order valence-electron chi connectivity index (χ3n) is 6.31. The van der Waals surface area contributed by atoms with Crippen LogP contribution in [0, 0.1) is 6.92 Å². The Balaban J connectivity index is 1.79. The van der Waals surface area contributed by atoms with Crippen molar-refractivity contribution in [2.24, 2.45) is 5.73 Å². The maximum atomic E-state index is 12.5. The van der Waals surface area contributed by atoms with Crippen LogP contribution < -0.4 is 5.73 Å². The number of fused-ring (bicyclic) bond motifs is 1. The van der Waals surface area contributed by atoms with Crippen LogP contribution in [0.1, 0.15) is 54.4 Å². The van der Waals surface area contributed by atoms with Crippen molar-refractivity contribution < 1.29 is 4.79 Å². The molecule has 0 spiro atoms. The van der Waals surface area contributed by atoms with E-state index in [0.717, 1.165) is 53.8 Å². The topological polar surface area (TPSA) is 64.1 Å². The quantitative estimate of drug-likeness (QED) is 0.628. The van der Waals surface area contributed by atoms with Gasteiger partial charge in [-0.15, -0.1) is 0 Å². The van der Waals surface area contributed by atoms with Gasteiger partial charge in [0.25, 0.3) is 5.91 Å². The molecule has 0 radical (unpaired) electrons. The molecule has 3 heterocycles. The lowest BCUT2D eigenvalue weighted by Gasteiger charge is -2.27. The second kappa shape index (κ2) is 9.00. The zero-order valence-electron chi connectivity index (χ0n) is 18.2. The number of hydrogen-bond donors (Lipinski definition) is 1. The molecule has 1 amide bonds. The lowest BCUT2D eigenvalue weighted by Crippen LogP contribution is -2.33. The number of para-hydroxylation sites is 1. The molecule has 1 aliphatic rings. The molecule has 30 heavy (non-hydrogen) atoms. The molecule has 1 saturated heterocycles. The summed E-state index contributed by atoms with van der Waals surface area (Å²) in [5, 5.41) is 1.10. The van der Waals surface area contributed by atoms with Gasteiger partial charge >= 0.3 is 0 Å². The molecule has 2 N–H and O–H groups in total. The predicted octanol–water partition coefficient (Wildman–Crippen LogP) is 4.55. The molecule has 2 aromatic heterocycles. The van der Waals surface area contributed by atoms with E-state index in [-0.39, 0.29) is 5.91 Å². The van der Waals surface area contributed by atoms with Gasteiger partial charge in [0.1, 0.15) is 0 Å². The summed E-state index contributed by atoms with van der Waals surface area (Å²) in [6.45, 7) is 8.44. The molecular weight excluding hydrogens is 372 g/mol. The minimum absolute atomic E-state index is 0.369. The van der Waals surface area contributed by atoms with E-state index in [2.05, 4.69) is 28.5 Å². The number of piperidine rings is 1. The van der Waals surface area contributed by atoms with E-state index in [0.29, 0.717) is 5.56 Å². The first kappa shape index (κ1) is 20.6. The summed E-state index contributed by atoms with van der Waals surface area (Å²) in [6.07, 6.45) is 5.81. The molecule has 3 aromatic rings. The summed E-state index contributed by atoms with van der Waals surface area (Å²) >= 11 is 0. The van der Waals surface area contributed by atoms with Crippen molar-refractivity contribution >= 4 is 16.8 Å². The third-order valence-corrected chi connectivity index (χ3v) is 6.31. The highest BCUT2D eigenvalue weighted by atomic mass is 16.1. The van der Waals surface area contributed by atoms with Gasteiger partial charge in [0.05, 0.1) is 16.8 Å². The summed E-state index contributed by atoms with van der Waals surface area (Å²) in [4.78, 5) is 20.0. The zero-order valence-corrected chi connectivity index (χ0v) is 18.2. The van der Waals surface area contributed by atoms with Gasteiger partial charge in [-0.2, -0.15) is 0 Å².